The normalized spacial score (nSPS) is 12.6. The molecule has 2 aromatic carbocycles. The van der Waals surface area contributed by atoms with E-state index in [1.807, 2.05) is 30.3 Å². The summed E-state index contributed by atoms with van der Waals surface area (Å²) in [6.45, 7) is -0.519. The number of aromatic nitrogens is 1. The summed E-state index contributed by atoms with van der Waals surface area (Å²) in [5, 5.41) is 3.71. The zero-order valence-corrected chi connectivity index (χ0v) is 22.9. The molecule has 0 spiro atoms. The fraction of sp³-hybridized carbons (Fsp3) is 0.214. The van der Waals surface area contributed by atoms with Crippen molar-refractivity contribution in [2.45, 2.75) is 25.7 Å². The van der Waals surface area contributed by atoms with Crippen LogP contribution in [0.25, 0.3) is 22.2 Å². The van der Waals surface area contributed by atoms with Crippen molar-refractivity contribution in [3.05, 3.63) is 74.6 Å². The third-order valence-corrected chi connectivity index (χ3v) is 8.08. The van der Waals surface area contributed by atoms with Crippen molar-refractivity contribution in [2.75, 3.05) is 19.0 Å². The summed E-state index contributed by atoms with van der Waals surface area (Å²) in [5.41, 5.74) is 9.15. The van der Waals surface area contributed by atoms with Crippen LogP contribution in [0.5, 0.6) is 5.75 Å². The topological polar surface area (TPSA) is 121 Å². The number of nitrogens with zero attached hydrogens (tertiary/aromatic N) is 1. The summed E-state index contributed by atoms with van der Waals surface area (Å²) in [7, 11) is 1.59. The molecule has 0 bridgehead atoms. The smallest absolute Gasteiger partial charge is 0.339 e. The summed E-state index contributed by atoms with van der Waals surface area (Å²) in [6.07, 6.45) is 3.62. The molecule has 1 aliphatic carbocycles. The molecule has 8 nitrogen and oxygen atoms in total. The van der Waals surface area contributed by atoms with Crippen LogP contribution < -0.4 is 15.8 Å². The van der Waals surface area contributed by atoms with E-state index in [1.165, 1.54) is 11.3 Å². The predicted octanol–water partition coefficient (Wildman–Crippen LogP) is 5.51. The molecule has 0 atom stereocenters. The van der Waals surface area contributed by atoms with Crippen molar-refractivity contribution >= 4 is 61.0 Å². The first kappa shape index (κ1) is 25.9. The molecule has 0 aliphatic heterocycles. The molecule has 2 aromatic heterocycles. The quantitative estimate of drug-likeness (QED) is 0.273. The number of anilines is 1. The zero-order chi connectivity index (χ0) is 26.8. The number of rotatable bonds is 7. The largest absolute Gasteiger partial charge is 0.497 e. The van der Waals surface area contributed by atoms with Gasteiger partial charge in [-0.3, -0.25) is 9.59 Å². The first-order valence-electron chi connectivity index (χ1n) is 12.0. The van der Waals surface area contributed by atoms with Crippen molar-refractivity contribution in [1.82, 2.24) is 4.98 Å². The number of carbonyl (C=O) groups excluding carboxylic acids is 3. The average molecular weight is 594 g/mol. The molecule has 10 heteroatoms. The zero-order valence-electron chi connectivity index (χ0n) is 20.5. The lowest BCUT2D eigenvalue weighted by molar-refractivity contribution is -0.119. The number of primary amides is 1. The van der Waals surface area contributed by atoms with Crippen LogP contribution in [0.2, 0.25) is 0 Å². The van der Waals surface area contributed by atoms with Gasteiger partial charge in [-0.1, -0.05) is 15.9 Å². The molecule has 38 heavy (non-hydrogen) atoms. The van der Waals surface area contributed by atoms with E-state index in [2.05, 4.69) is 21.2 Å². The van der Waals surface area contributed by atoms with Crippen LogP contribution in [0.1, 0.15) is 44.0 Å². The Kier molecular flexibility index (Phi) is 7.44. The lowest BCUT2D eigenvalue weighted by Gasteiger charge is -2.12. The summed E-state index contributed by atoms with van der Waals surface area (Å²) in [6, 6.07) is 14.4. The molecule has 1 aliphatic rings. The van der Waals surface area contributed by atoms with E-state index in [1.54, 1.807) is 25.3 Å². The summed E-state index contributed by atoms with van der Waals surface area (Å²) in [5.74, 6) is -1.08. The monoisotopic (exact) mass is 593 g/mol. The maximum absolute atomic E-state index is 13.2. The Balaban J connectivity index is 1.38. The highest BCUT2D eigenvalue weighted by Crippen LogP contribution is 2.38. The minimum absolute atomic E-state index is 0.277. The molecular formula is C28H24BrN3O5S. The van der Waals surface area contributed by atoms with Crippen molar-refractivity contribution in [2.24, 2.45) is 5.73 Å². The second-order valence-electron chi connectivity index (χ2n) is 8.85. The molecule has 0 saturated heterocycles. The Bertz CT molecular complexity index is 1570. The van der Waals surface area contributed by atoms with Crippen molar-refractivity contribution in [3.8, 4) is 17.0 Å². The number of hydrogen-bond donors (Lipinski definition) is 2. The number of halogens is 1. The summed E-state index contributed by atoms with van der Waals surface area (Å²) < 4.78 is 11.4. The summed E-state index contributed by atoms with van der Waals surface area (Å²) in [4.78, 5) is 43.8. The number of amides is 2. The predicted molar refractivity (Wildman–Crippen MR) is 150 cm³/mol. The fourth-order valence-corrected chi connectivity index (χ4v) is 6.23. The average Bonchev–Trinajstić information content (AvgIpc) is 3.29. The number of nitrogens with one attached hydrogen (secondary N) is 1. The first-order valence-corrected chi connectivity index (χ1v) is 13.6. The standard InChI is InChI=1S/C28H24BrN3O5S/c1-36-17-9-6-15(7-10-17)22-13-20(19-12-16(29)8-11-21(19)31-22)28(35)37-14-24(33)32-27-25(26(30)34)18-4-2-3-5-23(18)38-27/h6-13H,2-5,14H2,1H3,(H2,30,34)(H,32,33). The van der Waals surface area contributed by atoms with E-state index in [-0.39, 0.29) is 5.56 Å². The number of pyridine rings is 1. The van der Waals surface area contributed by atoms with Gasteiger partial charge in [0.05, 0.1) is 29.4 Å². The van der Waals surface area contributed by atoms with Crippen molar-refractivity contribution in [1.29, 1.82) is 0 Å². The van der Waals surface area contributed by atoms with E-state index < -0.39 is 24.4 Å². The third kappa shape index (κ3) is 5.27. The molecule has 2 amide bonds. The Morgan fingerprint density at radius 2 is 1.84 bits per heavy atom. The van der Waals surface area contributed by atoms with Gasteiger partial charge in [-0.05, 0) is 79.8 Å². The van der Waals surface area contributed by atoms with Crippen LogP contribution in [0, 0.1) is 0 Å². The first-order chi connectivity index (χ1) is 18.3. The molecular weight excluding hydrogens is 570 g/mol. The molecule has 5 rings (SSSR count). The van der Waals surface area contributed by atoms with Crippen LogP contribution in [0.3, 0.4) is 0 Å². The van der Waals surface area contributed by atoms with Crippen LogP contribution in [0.15, 0.2) is 53.0 Å². The highest BCUT2D eigenvalue weighted by molar-refractivity contribution is 9.10. The summed E-state index contributed by atoms with van der Waals surface area (Å²) >= 11 is 4.80. The lowest BCUT2D eigenvalue weighted by Crippen LogP contribution is -2.23. The number of aryl methyl sites for hydroxylation is 1. The third-order valence-electron chi connectivity index (χ3n) is 6.38. The lowest BCUT2D eigenvalue weighted by atomic mass is 9.95. The van der Waals surface area contributed by atoms with Gasteiger partial charge < -0.3 is 20.5 Å². The number of hydrogen-bond acceptors (Lipinski definition) is 7. The van der Waals surface area contributed by atoms with Gasteiger partial charge in [-0.15, -0.1) is 11.3 Å². The molecule has 0 radical (unpaired) electrons. The van der Waals surface area contributed by atoms with Crippen LogP contribution in [0.4, 0.5) is 5.00 Å². The van der Waals surface area contributed by atoms with Gasteiger partial charge in [0.2, 0.25) is 0 Å². The van der Waals surface area contributed by atoms with Gasteiger partial charge in [0.25, 0.3) is 11.8 Å². The van der Waals surface area contributed by atoms with Gasteiger partial charge in [-0.25, -0.2) is 9.78 Å². The number of esters is 1. The molecule has 0 saturated carbocycles. The maximum Gasteiger partial charge on any atom is 0.339 e. The van der Waals surface area contributed by atoms with E-state index >= 15 is 0 Å². The molecule has 2 heterocycles. The molecule has 0 unspecified atom stereocenters. The van der Waals surface area contributed by atoms with Crippen LogP contribution >= 0.6 is 27.3 Å². The number of carbonyl (C=O) groups is 3. The minimum Gasteiger partial charge on any atom is -0.497 e. The number of nitrogens with two attached hydrogens (primary N) is 1. The Morgan fingerprint density at radius 1 is 1.08 bits per heavy atom. The second kappa shape index (κ2) is 10.9. The number of methoxy groups -OCH3 is 1. The van der Waals surface area contributed by atoms with E-state index in [0.29, 0.717) is 32.9 Å². The number of thiophene rings is 1. The highest BCUT2D eigenvalue weighted by atomic mass is 79.9. The second-order valence-corrected chi connectivity index (χ2v) is 10.9. The Morgan fingerprint density at radius 3 is 2.58 bits per heavy atom. The number of fused-ring (bicyclic) bond motifs is 2. The highest BCUT2D eigenvalue weighted by Gasteiger charge is 2.25. The SMILES string of the molecule is COc1ccc(-c2cc(C(=O)OCC(=O)Nc3sc4c(c3C(N)=O)CCCC4)c3cc(Br)ccc3n2)cc1. The van der Waals surface area contributed by atoms with E-state index in [4.69, 9.17) is 20.2 Å². The molecule has 3 N–H and O–H groups in total. The van der Waals surface area contributed by atoms with Gasteiger partial charge >= 0.3 is 5.97 Å². The van der Waals surface area contributed by atoms with Gasteiger partial charge in [0.1, 0.15) is 10.8 Å². The maximum atomic E-state index is 13.2. The minimum atomic E-state index is -0.666. The van der Waals surface area contributed by atoms with Crippen molar-refractivity contribution < 1.29 is 23.9 Å². The van der Waals surface area contributed by atoms with E-state index in [9.17, 15) is 14.4 Å². The molecule has 4 aromatic rings. The number of benzene rings is 2. The van der Waals surface area contributed by atoms with Gasteiger partial charge in [-0.2, -0.15) is 0 Å². The van der Waals surface area contributed by atoms with Crippen molar-refractivity contribution in [3.63, 3.8) is 0 Å². The Labute approximate surface area is 231 Å². The molecule has 0 fully saturated rings. The van der Waals surface area contributed by atoms with Crippen LogP contribution in [-0.4, -0.2) is 36.5 Å². The van der Waals surface area contributed by atoms with Gasteiger partial charge in [0.15, 0.2) is 6.61 Å². The van der Waals surface area contributed by atoms with E-state index in [0.717, 1.165) is 46.2 Å². The molecule has 194 valence electrons. The Hall–Kier alpha value is -3.76. The van der Waals surface area contributed by atoms with Gasteiger partial charge in [0, 0.05) is 20.3 Å². The van der Waals surface area contributed by atoms with Crippen LogP contribution in [-0.2, 0) is 22.4 Å². The number of ether oxygens (including phenoxy) is 2. The fourth-order valence-electron chi connectivity index (χ4n) is 4.56.